The molecule has 2 saturated heterocycles. The van der Waals surface area contributed by atoms with Crippen molar-refractivity contribution in [1.29, 1.82) is 0 Å². The fourth-order valence-electron chi connectivity index (χ4n) is 5.33. The largest absolute Gasteiger partial charge is 0.380 e. The second-order valence-corrected chi connectivity index (χ2v) is 10.6. The summed E-state index contributed by atoms with van der Waals surface area (Å²) in [4.78, 5) is 18.1. The van der Waals surface area contributed by atoms with Crippen LogP contribution in [0.25, 0.3) is 16.9 Å². The van der Waals surface area contributed by atoms with Crippen LogP contribution in [0.5, 0.6) is 0 Å². The summed E-state index contributed by atoms with van der Waals surface area (Å²) in [6, 6.07) is 15.2. The fraction of sp³-hybridized carbons (Fsp3) is 0.429. The third-order valence-electron chi connectivity index (χ3n) is 7.29. The standard InChI is InChI=1S/C28H34N4O5S/c1-3-23-26(28(33)31-13-15-37-16-14-31)29-32(27(23)24-9-4-5-10-25(24)38(34)35)21-8-6-7-20(17-21)18-30-12-11-22(19-30)36-2/h4-10,17,22H,3,11-16,18-19H2,1-2H3,(H,34,35). The highest BCUT2D eigenvalue weighted by Gasteiger charge is 2.30. The minimum atomic E-state index is -2.21. The van der Waals surface area contributed by atoms with Crippen LogP contribution in [-0.4, -0.2) is 86.9 Å². The van der Waals surface area contributed by atoms with Crippen LogP contribution in [0.2, 0.25) is 0 Å². The number of amides is 1. The van der Waals surface area contributed by atoms with Crippen LogP contribution in [0.1, 0.15) is 35.0 Å². The van der Waals surface area contributed by atoms with Gasteiger partial charge in [0.05, 0.1) is 35.6 Å². The first-order chi connectivity index (χ1) is 18.5. The second kappa shape index (κ2) is 11.9. The van der Waals surface area contributed by atoms with Gasteiger partial charge in [0.2, 0.25) is 0 Å². The predicted octanol–water partition coefficient (Wildman–Crippen LogP) is 3.38. The second-order valence-electron chi connectivity index (χ2n) is 9.64. The van der Waals surface area contributed by atoms with E-state index in [0.717, 1.165) is 42.9 Å². The maximum Gasteiger partial charge on any atom is 0.274 e. The van der Waals surface area contributed by atoms with Crippen molar-refractivity contribution in [2.75, 3.05) is 46.5 Å². The van der Waals surface area contributed by atoms with Gasteiger partial charge in [-0.3, -0.25) is 9.69 Å². The van der Waals surface area contributed by atoms with Crippen molar-refractivity contribution in [1.82, 2.24) is 19.6 Å². The monoisotopic (exact) mass is 538 g/mol. The Morgan fingerprint density at radius 2 is 1.95 bits per heavy atom. The third-order valence-corrected chi connectivity index (χ3v) is 8.02. The molecule has 1 aromatic heterocycles. The number of morpholine rings is 1. The van der Waals surface area contributed by atoms with E-state index in [-0.39, 0.29) is 16.9 Å². The van der Waals surface area contributed by atoms with E-state index in [1.54, 1.807) is 28.8 Å². The molecule has 0 bridgehead atoms. The molecule has 2 aliphatic rings. The summed E-state index contributed by atoms with van der Waals surface area (Å²) < 4.78 is 35.1. The summed E-state index contributed by atoms with van der Waals surface area (Å²) in [6.45, 7) is 6.64. The summed E-state index contributed by atoms with van der Waals surface area (Å²) in [5.74, 6) is -0.147. The van der Waals surface area contributed by atoms with Crippen molar-refractivity contribution in [3.63, 3.8) is 0 Å². The van der Waals surface area contributed by atoms with Crippen LogP contribution in [0, 0.1) is 0 Å². The minimum Gasteiger partial charge on any atom is -0.380 e. The van der Waals surface area contributed by atoms with Crippen LogP contribution < -0.4 is 0 Å². The van der Waals surface area contributed by atoms with E-state index in [2.05, 4.69) is 17.0 Å². The van der Waals surface area contributed by atoms with Crippen molar-refractivity contribution in [3.8, 4) is 16.9 Å². The van der Waals surface area contributed by atoms with E-state index < -0.39 is 11.1 Å². The molecule has 0 radical (unpaired) electrons. The summed E-state index contributed by atoms with van der Waals surface area (Å²) in [6.07, 6.45) is 1.81. The van der Waals surface area contributed by atoms with Gasteiger partial charge in [-0.05, 0) is 36.6 Å². The van der Waals surface area contributed by atoms with Gasteiger partial charge in [-0.15, -0.1) is 0 Å². The van der Waals surface area contributed by atoms with E-state index >= 15 is 0 Å². The maximum absolute atomic E-state index is 13.6. The first-order valence-electron chi connectivity index (χ1n) is 13.0. The lowest BCUT2D eigenvalue weighted by Crippen LogP contribution is -2.41. The van der Waals surface area contributed by atoms with E-state index in [0.29, 0.717) is 49.7 Å². The lowest BCUT2D eigenvalue weighted by molar-refractivity contribution is 0.0298. The highest BCUT2D eigenvalue weighted by atomic mass is 32.2. The van der Waals surface area contributed by atoms with E-state index in [1.807, 2.05) is 31.2 Å². The topological polar surface area (TPSA) is 97.1 Å². The Morgan fingerprint density at radius 3 is 2.66 bits per heavy atom. The van der Waals surface area contributed by atoms with Crippen molar-refractivity contribution in [2.24, 2.45) is 0 Å². The number of carbonyl (C=O) groups is 1. The lowest BCUT2D eigenvalue weighted by atomic mass is 10.0. The molecule has 0 saturated carbocycles. The van der Waals surface area contributed by atoms with E-state index in [1.165, 1.54) is 0 Å². The molecule has 38 heavy (non-hydrogen) atoms. The maximum atomic E-state index is 13.6. The zero-order valence-corrected chi connectivity index (χ0v) is 22.7. The Hall–Kier alpha value is -2.89. The van der Waals surface area contributed by atoms with Crippen LogP contribution in [0.4, 0.5) is 0 Å². The molecule has 5 rings (SSSR count). The Balaban J connectivity index is 1.61. The Kier molecular flexibility index (Phi) is 8.35. The summed E-state index contributed by atoms with van der Waals surface area (Å²) in [5.41, 5.74) is 4.31. The van der Waals surface area contributed by atoms with Crippen LogP contribution in [-0.2, 0) is 33.5 Å². The van der Waals surface area contributed by atoms with Gasteiger partial charge in [-0.2, -0.15) is 5.10 Å². The van der Waals surface area contributed by atoms with Gasteiger partial charge in [0, 0.05) is 51.0 Å². The zero-order chi connectivity index (χ0) is 26.6. The number of rotatable bonds is 8. The smallest absolute Gasteiger partial charge is 0.274 e. The fourth-order valence-corrected chi connectivity index (χ4v) is 5.88. The zero-order valence-electron chi connectivity index (χ0n) is 21.8. The van der Waals surface area contributed by atoms with Crippen molar-refractivity contribution < 1.29 is 23.0 Å². The SMILES string of the molecule is CCc1c(C(=O)N2CCOCC2)nn(-c2cccc(CN3CCC(OC)C3)c2)c1-c1ccccc1S(=O)O. The number of carbonyl (C=O) groups excluding carboxylic acids is 1. The van der Waals surface area contributed by atoms with Gasteiger partial charge in [0.1, 0.15) is 0 Å². The van der Waals surface area contributed by atoms with Crippen LogP contribution >= 0.6 is 0 Å². The molecule has 2 aliphatic heterocycles. The number of benzene rings is 2. The number of hydrogen-bond donors (Lipinski definition) is 1. The molecule has 3 heterocycles. The molecule has 1 amide bonds. The number of methoxy groups -OCH3 is 1. The van der Waals surface area contributed by atoms with Gasteiger partial charge >= 0.3 is 0 Å². The Bertz CT molecular complexity index is 1320. The summed E-state index contributed by atoms with van der Waals surface area (Å²) in [7, 11) is 1.76. The molecule has 3 aromatic rings. The summed E-state index contributed by atoms with van der Waals surface area (Å²) in [5, 5.41) is 4.87. The molecule has 2 unspecified atom stereocenters. The Labute approximate surface area is 225 Å². The van der Waals surface area contributed by atoms with Gasteiger partial charge in [-0.25, -0.2) is 8.89 Å². The van der Waals surface area contributed by atoms with Gasteiger partial charge in [-0.1, -0.05) is 37.3 Å². The molecule has 1 N–H and O–H groups in total. The molecule has 10 heteroatoms. The third kappa shape index (κ3) is 5.45. The number of likely N-dealkylation sites (tertiary alicyclic amines) is 1. The van der Waals surface area contributed by atoms with Crippen LogP contribution in [0.15, 0.2) is 53.4 Å². The molecular formula is C28H34N4O5S. The molecule has 202 valence electrons. The average molecular weight is 539 g/mol. The Morgan fingerprint density at radius 1 is 1.16 bits per heavy atom. The number of aromatic nitrogens is 2. The predicted molar refractivity (Wildman–Crippen MR) is 145 cm³/mol. The molecule has 9 nitrogen and oxygen atoms in total. The first-order valence-corrected chi connectivity index (χ1v) is 14.1. The molecule has 0 aliphatic carbocycles. The quantitative estimate of drug-likeness (QED) is 0.439. The number of nitrogens with zero attached hydrogens (tertiary/aromatic N) is 4. The molecule has 0 spiro atoms. The van der Waals surface area contributed by atoms with Gasteiger partial charge in [0.25, 0.3) is 5.91 Å². The van der Waals surface area contributed by atoms with Gasteiger partial charge < -0.3 is 18.9 Å². The average Bonchev–Trinajstić information content (AvgIpc) is 3.57. The normalized spacial score (nSPS) is 19.1. The van der Waals surface area contributed by atoms with E-state index in [4.69, 9.17) is 14.6 Å². The molecule has 2 aromatic carbocycles. The summed E-state index contributed by atoms with van der Waals surface area (Å²) >= 11 is -2.21. The van der Waals surface area contributed by atoms with Crippen molar-refractivity contribution in [3.05, 3.63) is 65.4 Å². The van der Waals surface area contributed by atoms with Crippen molar-refractivity contribution >= 4 is 17.0 Å². The van der Waals surface area contributed by atoms with Crippen molar-refractivity contribution in [2.45, 2.75) is 37.3 Å². The lowest BCUT2D eigenvalue weighted by Gasteiger charge is -2.26. The first kappa shape index (κ1) is 26.7. The van der Waals surface area contributed by atoms with Gasteiger partial charge in [0.15, 0.2) is 16.8 Å². The highest BCUT2D eigenvalue weighted by Crippen LogP contribution is 2.34. The van der Waals surface area contributed by atoms with Crippen LogP contribution in [0.3, 0.4) is 0 Å². The number of hydrogen-bond acceptors (Lipinski definition) is 6. The van der Waals surface area contributed by atoms with E-state index in [9.17, 15) is 13.6 Å². The minimum absolute atomic E-state index is 0.147. The number of ether oxygens (including phenoxy) is 2. The molecular weight excluding hydrogens is 504 g/mol. The molecule has 2 atom stereocenters. The highest BCUT2D eigenvalue weighted by molar-refractivity contribution is 7.79. The molecule has 2 fully saturated rings.